The van der Waals surface area contributed by atoms with Crippen molar-refractivity contribution in [3.8, 4) is 11.3 Å². The molecule has 1 N–H and O–H groups in total. The Kier molecular flexibility index (Phi) is 4.59. The highest BCUT2D eigenvalue weighted by molar-refractivity contribution is 6.32. The number of rotatable bonds is 4. The molecule has 3 aromatic rings. The highest BCUT2D eigenvalue weighted by Gasteiger charge is 2.14. The van der Waals surface area contributed by atoms with Crippen LogP contribution in [0.1, 0.15) is 15.9 Å². The molecule has 5 nitrogen and oxygen atoms in total. The number of pyridine rings is 1. The van der Waals surface area contributed by atoms with Gasteiger partial charge in [0.25, 0.3) is 5.91 Å². The van der Waals surface area contributed by atoms with E-state index in [1.807, 2.05) is 30.3 Å². The monoisotopic (exact) mass is 324 g/mol. The molecule has 0 radical (unpaired) electrons. The number of hydrogen-bond acceptors (Lipinski definition) is 4. The van der Waals surface area contributed by atoms with Crippen LogP contribution in [-0.4, -0.2) is 21.1 Å². The third-order valence-corrected chi connectivity index (χ3v) is 3.54. The van der Waals surface area contributed by atoms with Crippen LogP contribution in [0, 0.1) is 0 Å². The van der Waals surface area contributed by atoms with Gasteiger partial charge in [-0.15, -0.1) is 10.2 Å². The normalized spacial score (nSPS) is 10.3. The van der Waals surface area contributed by atoms with E-state index in [9.17, 15) is 4.79 Å². The molecule has 0 saturated heterocycles. The number of carbonyl (C=O) groups is 1. The topological polar surface area (TPSA) is 67.8 Å². The van der Waals surface area contributed by atoms with Crippen LogP contribution in [0.15, 0.2) is 60.9 Å². The Hall–Kier alpha value is -2.79. The molecule has 0 aliphatic heterocycles. The van der Waals surface area contributed by atoms with Crippen molar-refractivity contribution in [3.63, 3.8) is 0 Å². The van der Waals surface area contributed by atoms with Crippen molar-refractivity contribution >= 4 is 17.5 Å². The summed E-state index contributed by atoms with van der Waals surface area (Å²) < 4.78 is 0. The molecule has 0 atom stereocenters. The Morgan fingerprint density at radius 2 is 1.78 bits per heavy atom. The van der Waals surface area contributed by atoms with Crippen LogP contribution in [0.4, 0.5) is 0 Å². The molecule has 0 aliphatic carbocycles. The highest BCUT2D eigenvalue weighted by Crippen LogP contribution is 2.20. The van der Waals surface area contributed by atoms with Gasteiger partial charge in [-0.2, -0.15) is 0 Å². The van der Waals surface area contributed by atoms with E-state index in [0.29, 0.717) is 17.8 Å². The summed E-state index contributed by atoms with van der Waals surface area (Å²) in [6.07, 6.45) is 3.31. The summed E-state index contributed by atoms with van der Waals surface area (Å²) in [5.41, 5.74) is 2.70. The fourth-order valence-corrected chi connectivity index (χ4v) is 2.25. The number of nitrogens with zero attached hydrogens (tertiary/aromatic N) is 3. The van der Waals surface area contributed by atoms with Crippen molar-refractivity contribution in [1.29, 1.82) is 0 Å². The second-order valence-corrected chi connectivity index (χ2v) is 5.20. The first kappa shape index (κ1) is 15.1. The maximum Gasteiger partial charge on any atom is 0.254 e. The summed E-state index contributed by atoms with van der Waals surface area (Å²) in [7, 11) is 0. The molecule has 1 amide bonds. The van der Waals surface area contributed by atoms with E-state index in [4.69, 9.17) is 11.6 Å². The minimum atomic E-state index is -0.288. The van der Waals surface area contributed by atoms with Gasteiger partial charge in [0, 0.05) is 24.5 Å². The lowest BCUT2D eigenvalue weighted by Gasteiger charge is -2.08. The number of hydrogen-bond donors (Lipinski definition) is 1. The summed E-state index contributed by atoms with van der Waals surface area (Å²) in [6.45, 7) is 0.420. The Morgan fingerprint density at radius 1 is 1.04 bits per heavy atom. The SMILES string of the molecule is O=C(NCc1ccccc1)c1cc(-c2ccncc2)nnc1Cl. The molecule has 2 heterocycles. The number of aromatic nitrogens is 3. The minimum Gasteiger partial charge on any atom is -0.348 e. The standard InChI is InChI=1S/C17H13ClN4O/c18-16-14(17(23)20-11-12-4-2-1-3-5-12)10-15(21-22-16)13-6-8-19-9-7-13/h1-10H,11H2,(H,20,23). The molecule has 0 bridgehead atoms. The Balaban J connectivity index is 1.80. The highest BCUT2D eigenvalue weighted by atomic mass is 35.5. The van der Waals surface area contributed by atoms with Gasteiger partial charge in [-0.1, -0.05) is 41.9 Å². The second kappa shape index (κ2) is 6.98. The van der Waals surface area contributed by atoms with Crippen molar-refractivity contribution in [2.24, 2.45) is 0 Å². The molecule has 0 fully saturated rings. The van der Waals surface area contributed by atoms with E-state index < -0.39 is 0 Å². The van der Waals surface area contributed by atoms with Crippen LogP contribution in [0.3, 0.4) is 0 Å². The van der Waals surface area contributed by atoms with Gasteiger partial charge in [0.15, 0.2) is 5.15 Å². The van der Waals surface area contributed by atoms with E-state index >= 15 is 0 Å². The van der Waals surface area contributed by atoms with Gasteiger partial charge in [0.2, 0.25) is 0 Å². The van der Waals surface area contributed by atoms with Crippen LogP contribution in [0.5, 0.6) is 0 Å². The molecular weight excluding hydrogens is 312 g/mol. The molecule has 0 saturated carbocycles. The van der Waals surface area contributed by atoms with E-state index in [2.05, 4.69) is 20.5 Å². The lowest BCUT2D eigenvalue weighted by molar-refractivity contribution is 0.0950. The molecule has 3 rings (SSSR count). The average molecular weight is 325 g/mol. The third-order valence-electron chi connectivity index (χ3n) is 3.27. The van der Waals surface area contributed by atoms with Crippen LogP contribution in [0.2, 0.25) is 5.15 Å². The van der Waals surface area contributed by atoms with E-state index in [1.54, 1.807) is 30.6 Å². The average Bonchev–Trinajstić information content (AvgIpc) is 2.62. The van der Waals surface area contributed by atoms with Gasteiger partial charge in [0.1, 0.15) is 0 Å². The van der Waals surface area contributed by atoms with Gasteiger partial charge >= 0.3 is 0 Å². The Morgan fingerprint density at radius 3 is 2.52 bits per heavy atom. The summed E-state index contributed by atoms with van der Waals surface area (Å²) in [5, 5.41) is 10.8. The van der Waals surface area contributed by atoms with Crippen molar-refractivity contribution in [1.82, 2.24) is 20.5 Å². The molecule has 23 heavy (non-hydrogen) atoms. The van der Waals surface area contributed by atoms with Crippen molar-refractivity contribution in [2.75, 3.05) is 0 Å². The number of benzene rings is 1. The van der Waals surface area contributed by atoms with E-state index in [1.165, 1.54) is 0 Å². The van der Waals surface area contributed by atoms with Crippen LogP contribution in [0.25, 0.3) is 11.3 Å². The van der Waals surface area contributed by atoms with Gasteiger partial charge < -0.3 is 5.32 Å². The zero-order valence-electron chi connectivity index (χ0n) is 12.1. The summed E-state index contributed by atoms with van der Waals surface area (Å²) in [5.74, 6) is -0.288. The fraction of sp³-hybridized carbons (Fsp3) is 0.0588. The molecule has 0 unspecified atom stereocenters. The summed E-state index contributed by atoms with van der Waals surface area (Å²) >= 11 is 6.01. The number of amides is 1. The summed E-state index contributed by atoms with van der Waals surface area (Å²) in [4.78, 5) is 16.3. The zero-order chi connectivity index (χ0) is 16.1. The minimum absolute atomic E-state index is 0.0772. The quantitative estimate of drug-likeness (QED) is 0.800. The molecule has 6 heteroatoms. The van der Waals surface area contributed by atoms with Gasteiger partial charge in [-0.05, 0) is 23.8 Å². The first-order valence-corrected chi connectivity index (χ1v) is 7.37. The first-order valence-electron chi connectivity index (χ1n) is 7.00. The van der Waals surface area contributed by atoms with Crippen molar-refractivity contribution < 1.29 is 4.79 Å². The lowest BCUT2D eigenvalue weighted by atomic mass is 10.1. The lowest BCUT2D eigenvalue weighted by Crippen LogP contribution is -2.23. The maximum absolute atomic E-state index is 12.3. The van der Waals surface area contributed by atoms with Crippen LogP contribution in [-0.2, 0) is 6.54 Å². The molecule has 0 spiro atoms. The van der Waals surface area contributed by atoms with Crippen LogP contribution < -0.4 is 5.32 Å². The van der Waals surface area contributed by atoms with Gasteiger partial charge in [-0.25, -0.2) is 0 Å². The Bertz CT molecular complexity index is 809. The smallest absolute Gasteiger partial charge is 0.254 e. The first-order chi connectivity index (χ1) is 11.2. The molecule has 2 aromatic heterocycles. The number of halogens is 1. The third kappa shape index (κ3) is 3.70. The Labute approximate surface area is 138 Å². The van der Waals surface area contributed by atoms with Crippen molar-refractivity contribution in [3.05, 3.63) is 77.2 Å². The fourth-order valence-electron chi connectivity index (χ4n) is 2.07. The second-order valence-electron chi connectivity index (χ2n) is 4.84. The zero-order valence-corrected chi connectivity index (χ0v) is 12.9. The molecule has 1 aromatic carbocycles. The molecule has 114 valence electrons. The number of carbonyl (C=O) groups excluding carboxylic acids is 1. The summed E-state index contributed by atoms with van der Waals surface area (Å²) in [6, 6.07) is 14.9. The van der Waals surface area contributed by atoms with E-state index in [0.717, 1.165) is 11.1 Å². The largest absolute Gasteiger partial charge is 0.348 e. The maximum atomic E-state index is 12.3. The number of nitrogens with one attached hydrogen (secondary N) is 1. The van der Waals surface area contributed by atoms with Gasteiger partial charge in [-0.3, -0.25) is 9.78 Å². The molecular formula is C17H13ClN4O. The van der Waals surface area contributed by atoms with Crippen molar-refractivity contribution in [2.45, 2.75) is 6.54 Å². The van der Waals surface area contributed by atoms with Gasteiger partial charge in [0.05, 0.1) is 11.3 Å². The van der Waals surface area contributed by atoms with E-state index in [-0.39, 0.29) is 11.1 Å². The van der Waals surface area contributed by atoms with Crippen LogP contribution >= 0.6 is 11.6 Å². The molecule has 0 aliphatic rings. The predicted octanol–water partition coefficient (Wildman–Crippen LogP) is 3.12. The predicted molar refractivity (Wildman–Crippen MR) is 87.9 cm³/mol.